The van der Waals surface area contributed by atoms with E-state index < -0.39 is 0 Å². The molecule has 106 valence electrons. The lowest BCUT2D eigenvalue weighted by atomic mass is 10.2. The topological polar surface area (TPSA) is 68.3 Å². The summed E-state index contributed by atoms with van der Waals surface area (Å²) in [6.45, 7) is 2.04. The first kappa shape index (κ1) is 13.2. The van der Waals surface area contributed by atoms with Gasteiger partial charge in [0.15, 0.2) is 5.69 Å². The molecule has 0 atom stereocenters. The highest BCUT2D eigenvalue weighted by molar-refractivity contribution is 5.93. The zero-order valence-corrected chi connectivity index (χ0v) is 11.5. The fourth-order valence-electron chi connectivity index (χ4n) is 1.98. The van der Waals surface area contributed by atoms with Crippen molar-refractivity contribution in [2.45, 2.75) is 13.5 Å². The number of benzene rings is 1. The lowest BCUT2D eigenvalue weighted by Gasteiger charge is -2.00. The second-order valence-corrected chi connectivity index (χ2v) is 4.55. The Kier molecular flexibility index (Phi) is 3.55. The van der Waals surface area contributed by atoms with Crippen molar-refractivity contribution in [2.75, 3.05) is 0 Å². The van der Waals surface area contributed by atoms with E-state index >= 15 is 0 Å². The highest BCUT2D eigenvalue weighted by atomic mass is 16.4. The van der Waals surface area contributed by atoms with Gasteiger partial charge in [-0.2, -0.15) is 0 Å². The Morgan fingerprint density at radius 3 is 2.71 bits per heavy atom. The molecule has 0 spiro atoms. The summed E-state index contributed by atoms with van der Waals surface area (Å²) in [5.41, 5.74) is 1.13. The monoisotopic (exact) mass is 282 g/mol. The molecule has 0 radical (unpaired) electrons. The molecule has 1 N–H and O–H groups in total. The van der Waals surface area contributed by atoms with Gasteiger partial charge in [-0.05, 0) is 31.2 Å². The molecule has 3 aromatic rings. The average molecular weight is 282 g/mol. The van der Waals surface area contributed by atoms with E-state index in [1.165, 1.54) is 0 Å². The molecule has 21 heavy (non-hydrogen) atoms. The summed E-state index contributed by atoms with van der Waals surface area (Å²) in [7, 11) is 0. The van der Waals surface area contributed by atoms with Crippen molar-refractivity contribution in [1.29, 1.82) is 0 Å². The molecule has 5 heteroatoms. The fraction of sp³-hybridized carbons (Fsp3) is 0.125. The minimum absolute atomic E-state index is 0.283. The number of furan rings is 1. The van der Waals surface area contributed by atoms with Crippen LogP contribution in [-0.4, -0.2) is 10.9 Å². The van der Waals surface area contributed by atoms with Gasteiger partial charge in [-0.1, -0.05) is 18.2 Å². The quantitative estimate of drug-likeness (QED) is 0.798. The van der Waals surface area contributed by atoms with Crippen LogP contribution in [0.5, 0.6) is 0 Å². The molecule has 0 bridgehead atoms. The van der Waals surface area contributed by atoms with Crippen molar-refractivity contribution < 1.29 is 13.6 Å². The number of hydrogen-bond acceptors (Lipinski definition) is 4. The van der Waals surface area contributed by atoms with Crippen LogP contribution in [0.15, 0.2) is 57.6 Å². The first-order valence-corrected chi connectivity index (χ1v) is 6.57. The largest absolute Gasteiger partial charge is 0.467 e. The average Bonchev–Trinajstić information content (AvgIpc) is 3.15. The van der Waals surface area contributed by atoms with Crippen LogP contribution >= 0.6 is 0 Å². The maximum Gasteiger partial charge on any atom is 0.273 e. The summed E-state index contributed by atoms with van der Waals surface area (Å²) in [6.07, 6.45) is 1.57. The normalized spacial score (nSPS) is 10.5. The summed E-state index contributed by atoms with van der Waals surface area (Å²) in [5.74, 6) is 1.34. The van der Waals surface area contributed by atoms with Crippen LogP contribution in [-0.2, 0) is 6.54 Å². The second-order valence-electron chi connectivity index (χ2n) is 4.55. The van der Waals surface area contributed by atoms with Crippen LogP contribution in [0.4, 0.5) is 0 Å². The first-order chi connectivity index (χ1) is 10.2. The van der Waals surface area contributed by atoms with Crippen LogP contribution < -0.4 is 5.32 Å². The Morgan fingerprint density at radius 2 is 2.00 bits per heavy atom. The number of hydrogen-bond donors (Lipinski definition) is 1. The number of carbonyl (C=O) groups is 1. The lowest BCUT2D eigenvalue weighted by Crippen LogP contribution is -2.23. The van der Waals surface area contributed by atoms with Crippen molar-refractivity contribution >= 4 is 5.91 Å². The zero-order chi connectivity index (χ0) is 14.7. The van der Waals surface area contributed by atoms with Gasteiger partial charge in [-0.15, -0.1) is 0 Å². The van der Waals surface area contributed by atoms with E-state index in [0.717, 1.165) is 5.56 Å². The molecular weight excluding hydrogens is 268 g/mol. The smallest absolute Gasteiger partial charge is 0.273 e. The van der Waals surface area contributed by atoms with Crippen molar-refractivity contribution in [1.82, 2.24) is 10.3 Å². The van der Waals surface area contributed by atoms with Crippen LogP contribution in [0, 0.1) is 6.92 Å². The van der Waals surface area contributed by atoms with E-state index in [4.69, 9.17) is 8.83 Å². The lowest BCUT2D eigenvalue weighted by molar-refractivity contribution is 0.0942. The molecule has 2 aromatic heterocycles. The summed E-state index contributed by atoms with van der Waals surface area (Å²) in [5, 5.41) is 2.75. The Labute approximate surface area is 121 Å². The Morgan fingerprint density at radius 1 is 1.19 bits per heavy atom. The number of rotatable bonds is 4. The van der Waals surface area contributed by atoms with Crippen molar-refractivity contribution in [3.8, 4) is 11.5 Å². The molecule has 1 amide bonds. The van der Waals surface area contributed by atoms with Gasteiger partial charge in [-0.25, -0.2) is 4.98 Å². The number of aromatic nitrogens is 1. The molecule has 5 nitrogen and oxygen atoms in total. The number of aryl methyl sites for hydroxylation is 1. The Balaban J connectivity index is 1.76. The summed E-state index contributed by atoms with van der Waals surface area (Å²) in [4.78, 5) is 16.4. The third kappa shape index (κ3) is 2.86. The van der Waals surface area contributed by atoms with Gasteiger partial charge in [0, 0.05) is 5.56 Å². The fourth-order valence-corrected chi connectivity index (χ4v) is 1.98. The summed E-state index contributed by atoms with van der Waals surface area (Å²) < 4.78 is 10.7. The van der Waals surface area contributed by atoms with Gasteiger partial charge in [0.05, 0.1) is 12.8 Å². The molecular formula is C16H14N2O3. The number of amides is 1. The van der Waals surface area contributed by atoms with Crippen LogP contribution in [0.1, 0.15) is 22.0 Å². The highest BCUT2D eigenvalue weighted by Gasteiger charge is 2.17. The second kappa shape index (κ2) is 5.66. The number of nitrogens with one attached hydrogen (secondary N) is 1. The molecule has 0 aliphatic heterocycles. The standard InChI is InChI=1S/C16H14N2O3/c1-11-14(15(19)17-10-13-8-5-9-20-13)18-16(21-11)12-6-3-2-4-7-12/h2-9H,10H2,1H3,(H,17,19). The molecule has 2 heterocycles. The molecule has 0 saturated heterocycles. The predicted octanol–water partition coefficient (Wildman–Crippen LogP) is 3.17. The Hall–Kier alpha value is -2.82. The minimum Gasteiger partial charge on any atom is -0.467 e. The molecule has 0 fully saturated rings. The first-order valence-electron chi connectivity index (χ1n) is 6.57. The maximum absolute atomic E-state index is 12.1. The molecule has 0 saturated carbocycles. The van der Waals surface area contributed by atoms with E-state index in [-0.39, 0.29) is 5.91 Å². The van der Waals surface area contributed by atoms with E-state index in [9.17, 15) is 4.79 Å². The van der Waals surface area contributed by atoms with Crippen molar-refractivity contribution in [2.24, 2.45) is 0 Å². The number of nitrogens with zero attached hydrogens (tertiary/aromatic N) is 1. The Bertz CT molecular complexity index is 730. The van der Waals surface area contributed by atoms with Crippen molar-refractivity contribution in [3.63, 3.8) is 0 Å². The molecule has 0 unspecified atom stereocenters. The molecule has 0 aliphatic rings. The number of carbonyl (C=O) groups excluding carboxylic acids is 1. The van der Waals surface area contributed by atoms with E-state index in [1.54, 1.807) is 25.3 Å². The van der Waals surface area contributed by atoms with Crippen LogP contribution in [0.25, 0.3) is 11.5 Å². The van der Waals surface area contributed by atoms with E-state index in [2.05, 4.69) is 10.3 Å². The SMILES string of the molecule is Cc1oc(-c2ccccc2)nc1C(=O)NCc1ccco1. The van der Waals surface area contributed by atoms with E-state index in [1.807, 2.05) is 30.3 Å². The van der Waals surface area contributed by atoms with Gasteiger partial charge in [0.25, 0.3) is 5.91 Å². The summed E-state index contributed by atoms with van der Waals surface area (Å²) in [6, 6.07) is 13.0. The molecule has 0 aliphatic carbocycles. The van der Waals surface area contributed by atoms with Gasteiger partial charge in [-0.3, -0.25) is 4.79 Å². The van der Waals surface area contributed by atoms with Crippen LogP contribution in [0.2, 0.25) is 0 Å². The maximum atomic E-state index is 12.1. The molecule has 1 aromatic carbocycles. The highest BCUT2D eigenvalue weighted by Crippen LogP contribution is 2.21. The summed E-state index contributed by atoms with van der Waals surface area (Å²) >= 11 is 0. The van der Waals surface area contributed by atoms with E-state index in [0.29, 0.717) is 29.6 Å². The van der Waals surface area contributed by atoms with Gasteiger partial charge < -0.3 is 14.2 Å². The van der Waals surface area contributed by atoms with Gasteiger partial charge in [0.2, 0.25) is 5.89 Å². The van der Waals surface area contributed by atoms with Crippen molar-refractivity contribution in [3.05, 3.63) is 65.9 Å². The predicted molar refractivity (Wildman–Crippen MR) is 76.6 cm³/mol. The van der Waals surface area contributed by atoms with Gasteiger partial charge >= 0.3 is 0 Å². The minimum atomic E-state index is -0.283. The third-order valence-electron chi connectivity index (χ3n) is 3.04. The third-order valence-corrected chi connectivity index (χ3v) is 3.04. The van der Waals surface area contributed by atoms with Gasteiger partial charge in [0.1, 0.15) is 11.5 Å². The van der Waals surface area contributed by atoms with Crippen LogP contribution in [0.3, 0.4) is 0 Å². The zero-order valence-electron chi connectivity index (χ0n) is 11.5. The molecule has 3 rings (SSSR count). The number of oxazole rings is 1.